The number of aromatic nitrogens is 2. The number of fused-ring (bicyclic) bond motifs is 2. The lowest BCUT2D eigenvalue weighted by Gasteiger charge is -2.09. The number of rotatable bonds is 1. The van der Waals surface area contributed by atoms with Crippen molar-refractivity contribution in [3.8, 4) is 11.1 Å². The van der Waals surface area contributed by atoms with Crippen molar-refractivity contribution in [2.45, 2.75) is 13.8 Å². The van der Waals surface area contributed by atoms with Crippen molar-refractivity contribution in [3.63, 3.8) is 0 Å². The molecule has 2 nitrogen and oxygen atoms in total. The lowest BCUT2D eigenvalue weighted by Crippen LogP contribution is -1.88. The molecule has 0 aliphatic heterocycles. The van der Waals surface area contributed by atoms with Gasteiger partial charge in [0.1, 0.15) is 0 Å². The SMILES string of the molecule is Cc1ccc2cccc(-c3ccc4c(C)nccc4c3)c2n1. The summed E-state index contributed by atoms with van der Waals surface area (Å²) in [5.41, 5.74) is 5.55. The Kier molecular flexibility index (Phi) is 2.90. The van der Waals surface area contributed by atoms with Gasteiger partial charge in [0.2, 0.25) is 0 Å². The van der Waals surface area contributed by atoms with Crippen molar-refractivity contribution in [2.75, 3.05) is 0 Å². The molecule has 22 heavy (non-hydrogen) atoms. The molecule has 2 aromatic carbocycles. The third-order valence-electron chi connectivity index (χ3n) is 4.13. The largest absolute Gasteiger partial charge is 0.261 e. The van der Waals surface area contributed by atoms with Crippen LogP contribution >= 0.6 is 0 Å². The van der Waals surface area contributed by atoms with Crippen LogP contribution < -0.4 is 0 Å². The zero-order valence-electron chi connectivity index (χ0n) is 12.7. The van der Waals surface area contributed by atoms with Crippen LogP contribution in [0.5, 0.6) is 0 Å². The van der Waals surface area contributed by atoms with E-state index >= 15 is 0 Å². The summed E-state index contributed by atoms with van der Waals surface area (Å²) in [6.45, 7) is 4.08. The maximum absolute atomic E-state index is 4.74. The molecule has 0 atom stereocenters. The summed E-state index contributed by atoms with van der Waals surface area (Å²) < 4.78 is 0. The molecule has 2 aromatic heterocycles. The van der Waals surface area contributed by atoms with Crippen molar-refractivity contribution in [3.05, 3.63) is 72.2 Å². The van der Waals surface area contributed by atoms with Gasteiger partial charge in [0.25, 0.3) is 0 Å². The van der Waals surface area contributed by atoms with Crippen molar-refractivity contribution < 1.29 is 0 Å². The van der Waals surface area contributed by atoms with Crippen molar-refractivity contribution in [1.82, 2.24) is 9.97 Å². The Morgan fingerprint density at radius 2 is 1.73 bits per heavy atom. The summed E-state index contributed by atoms with van der Waals surface area (Å²) in [6.07, 6.45) is 1.87. The number of aryl methyl sites for hydroxylation is 2. The summed E-state index contributed by atoms with van der Waals surface area (Å²) >= 11 is 0. The van der Waals surface area contributed by atoms with Crippen LogP contribution in [0.4, 0.5) is 0 Å². The predicted molar refractivity (Wildman–Crippen MR) is 92.0 cm³/mol. The summed E-state index contributed by atoms with van der Waals surface area (Å²) in [6, 6.07) is 19.1. The molecule has 106 valence electrons. The molecule has 0 saturated carbocycles. The summed E-state index contributed by atoms with van der Waals surface area (Å²) in [4.78, 5) is 9.10. The van der Waals surface area contributed by atoms with Crippen LogP contribution in [0.15, 0.2) is 60.8 Å². The smallest absolute Gasteiger partial charge is 0.0783 e. The van der Waals surface area contributed by atoms with E-state index < -0.39 is 0 Å². The van der Waals surface area contributed by atoms with E-state index in [-0.39, 0.29) is 0 Å². The average Bonchev–Trinajstić information content (AvgIpc) is 2.54. The fourth-order valence-electron chi connectivity index (χ4n) is 2.97. The van der Waals surface area contributed by atoms with Gasteiger partial charge in [-0.2, -0.15) is 0 Å². The standard InChI is InChI=1S/C20H16N2/c1-13-6-7-15-4-3-5-19(20(15)22-13)16-8-9-18-14(2)21-11-10-17(18)12-16/h3-12H,1-2H3. The van der Waals surface area contributed by atoms with E-state index in [9.17, 15) is 0 Å². The maximum Gasteiger partial charge on any atom is 0.0783 e. The number of para-hydroxylation sites is 1. The second kappa shape index (κ2) is 4.92. The fourth-order valence-corrected chi connectivity index (χ4v) is 2.97. The predicted octanol–water partition coefficient (Wildman–Crippen LogP) is 5.07. The lowest BCUT2D eigenvalue weighted by molar-refractivity contribution is 1.24. The molecule has 0 bridgehead atoms. The Hall–Kier alpha value is -2.74. The molecule has 0 spiro atoms. The van der Waals surface area contributed by atoms with E-state index in [0.29, 0.717) is 0 Å². The molecule has 0 radical (unpaired) electrons. The highest BCUT2D eigenvalue weighted by molar-refractivity contribution is 5.97. The van der Waals surface area contributed by atoms with Gasteiger partial charge in [-0.25, -0.2) is 0 Å². The zero-order chi connectivity index (χ0) is 15.1. The molecule has 4 rings (SSSR count). The van der Waals surface area contributed by atoms with Crippen LogP contribution in [0.25, 0.3) is 32.8 Å². The molecule has 0 unspecified atom stereocenters. The van der Waals surface area contributed by atoms with Crippen LogP contribution in [0.2, 0.25) is 0 Å². The van der Waals surface area contributed by atoms with Crippen molar-refractivity contribution in [1.29, 1.82) is 0 Å². The molecular formula is C20H16N2. The number of nitrogens with zero attached hydrogens (tertiary/aromatic N) is 2. The molecule has 4 aromatic rings. The second-order valence-corrected chi connectivity index (χ2v) is 5.66. The van der Waals surface area contributed by atoms with E-state index in [4.69, 9.17) is 4.98 Å². The second-order valence-electron chi connectivity index (χ2n) is 5.66. The Labute approximate surface area is 129 Å². The van der Waals surface area contributed by atoms with Gasteiger partial charge in [-0.3, -0.25) is 9.97 Å². The summed E-state index contributed by atoms with van der Waals surface area (Å²) in [5, 5.41) is 3.60. The van der Waals surface area contributed by atoms with E-state index in [2.05, 4.69) is 59.6 Å². The molecule has 0 saturated heterocycles. The van der Waals surface area contributed by atoms with Gasteiger partial charge in [0.15, 0.2) is 0 Å². The number of pyridine rings is 2. The van der Waals surface area contributed by atoms with Crippen molar-refractivity contribution in [2.24, 2.45) is 0 Å². The molecule has 0 aliphatic rings. The molecule has 0 N–H and O–H groups in total. The monoisotopic (exact) mass is 284 g/mol. The van der Waals surface area contributed by atoms with Crippen molar-refractivity contribution >= 4 is 21.7 Å². The van der Waals surface area contributed by atoms with Crippen LogP contribution in [0.3, 0.4) is 0 Å². The van der Waals surface area contributed by atoms with E-state index in [0.717, 1.165) is 16.9 Å². The Balaban J connectivity index is 2.01. The molecule has 2 heteroatoms. The molecule has 0 fully saturated rings. The lowest BCUT2D eigenvalue weighted by atomic mass is 9.98. The molecule has 0 amide bonds. The first kappa shape index (κ1) is 13.0. The summed E-state index contributed by atoms with van der Waals surface area (Å²) in [5.74, 6) is 0. The normalized spacial score (nSPS) is 11.2. The highest BCUT2D eigenvalue weighted by atomic mass is 14.7. The number of hydrogen-bond donors (Lipinski definition) is 0. The first-order valence-corrected chi connectivity index (χ1v) is 7.44. The van der Waals surface area contributed by atoms with Crippen LogP contribution in [0.1, 0.15) is 11.4 Å². The van der Waals surface area contributed by atoms with E-state index in [1.807, 2.05) is 20.0 Å². The van der Waals surface area contributed by atoms with Gasteiger partial charge in [0, 0.05) is 33.9 Å². The first-order valence-electron chi connectivity index (χ1n) is 7.44. The van der Waals surface area contributed by atoms with Crippen LogP contribution in [-0.4, -0.2) is 9.97 Å². The van der Waals surface area contributed by atoms with Gasteiger partial charge in [-0.15, -0.1) is 0 Å². The molecular weight excluding hydrogens is 268 g/mol. The van der Waals surface area contributed by atoms with Gasteiger partial charge in [0.05, 0.1) is 5.52 Å². The maximum atomic E-state index is 4.74. The Bertz CT molecular complexity index is 1000. The van der Waals surface area contributed by atoms with E-state index in [1.165, 1.54) is 27.3 Å². The zero-order valence-corrected chi connectivity index (χ0v) is 12.7. The quantitative estimate of drug-likeness (QED) is 0.488. The Morgan fingerprint density at radius 3 is 2.64 bits per heavy atom. The minimum atomic E-state index is 1.04. The van der Waals surface area contributed by atoms with E-state index in [1.54, 1.807) is 0 Å². The molecule has 0 aliphatic carbocycles. The minimum absolute atomic E-state index is 1.04. The van der Waals surface area contributed by atoms with Gasteiger partial charge >= 0.3 is 0 Å². The van der Waals surface area contributed by atoms with Gasteiger partial charge < -0.3 is 0 Å². The fraction of sp³-hybridized carbons (Fsp3) is 0.100. The topological polar surface area (TPSA) is 25.8 Å². The average molecular weight is 284 g/mol. The molecule has 2 heterocycles. The third kappa shape index (κ3) is 2.04. The third-order valence-corrected chi connectivity index (χ3v) is 4.13. The summed E-state index contributed by atoms with van der Waals surface area (Å²) in [7, 11) is 0. The first-order chi connectivity index (χ1) is 10.7. The number of benzene rings is 2. The van der Waals surface area contributed by atoms with Crippen LogP contribution in [0, 0.1) is 13.8 Å². The van der Waals surface area contributed by atoms with Gasteiger partial charge in [-0.05, 0) is 43.0 Å². The highest BCUT2D eigenvalue weighted by Crippen LogP contribution is 2.30. The Morgan fingerprint density at radius 1 is 0.818 bits per heavy atom. The minimum Gasteiger partial charge on any atom is -0.261 e. The highest BCUT2D eigenvalue weighted by Gasteiger charge is 2.07. The van der Waals surface area contributed by atoms with Crippen LogP contribution in [-0.2, 0) is 0 Å². The number of hydrogen-bond acceptors (Lipinski definition) is 2. The van der Waals surface area contributed by atoms with Gasteiger partial charge in [-0.1, -0.05) is 36.4 Å².